The first kappa shape index (κ1) is 16.7. The summed E-state index contributed by atoms with van der Waals surface area (Å²) >= 11 is 13.6. The van der Waals surface area contributed by atoms with Crippen LogP contribution in [0.5, 0.6) is 5.75 Å². The van der Waals surface area contributed by atoms with Crippen molar-refractivity contribution >= 4 is 35.0 Å². The summed E-state index contributed by atoms with van der Waals surface area (Å²) in [7, 11) is 0. The number of halogens is 2. The molecule has 0 aliphatic heterocycles. The molecule has 0 unspecified atom stereocenters. The summed E-state index contributed by atoms with van der Waals surface area (Å²) in [4.78, 5) is 0. The van der Waals surface area contributed by atoms with Crippen LogP contribution in [0.3, 0.4) is 0 Å². The van der Waals surface area contributed by atoms with Gasteiger partial charge in [-0.1, -0.05) is 41.0 Å². The summed E-state index contributed by atoms with van der Waals surface area (Å²) in [5.74, 6) is 3.00. The van der Waals surface area contributed by atoms with Crippen molar-refractivity contribution in [2.45, 2.75) is 30.5 Å². The Morgan fingerprint density at radius 3 is 2.91 bits per heavy atom. The van der Waals surface area contributed by atoms with Crippen LogP contribution in [0.1, 0.15) is 24.6 Å². The van der Waals surface area contributed by atoms with E-state index in [1.165, 1.54) is 12.8 Å². The second-order valence-corrected chi connectivity index (χ2v) is 7.19. The van der Waals surface area contributed by atoms with Crippen molar-refractivity contribution < 1.29 is 4.74 Å². The van der Waals surface area contributed by atoms with Crippen LogP contribution in [0.2, 0.25) is 10.0 Å². The van der Waals surface area contributed by atoms with Gasteiger partial charge in [-0.05, 0) is 25.0 Å². The normalized spacial score (nSPS) is 14.0. The minimum atomic E-state index is 0.518. The van der Waals surface area contributed by atoms with Crippen LogP contribution in [-0.4, -0.2) is 27.1 Å². The van der Waals surface area contributed by atoms with Crippen molar-refractivity contribution in [3.8, 4) is 5.75 Å². The zero-order valence-corrected chi connectivity index (χ0v) is 14.9. The van der Waals surface area contributed by atoms with Gasteiger partial charge in [-0.15, -0.1) is 16.8 Å². The molecule has 122 valence electrons. The number of benzene rings is 1. The van der Waals surface area contributed by atoms with Gasteiger partial charge in [-0.25, -0.2) is 0 Å². The molecule has 1 aromatic heterocycles. The molecule has 0 spiro atoms. The van der Waals surface area contributed by atoms with Gasteiger partial charge in [-0.3, -0.25) is 0 Å². The Hall–Kier alpha value is -1.17. The van der Waals surface area contributed by atoms with Crippen LogP contribution >= 0.6 is 35.0 Å². The number of allylic oxidation sites excluding steroid dienone is 1. The van der Waals surface area contributed by atoms with Crippen LogP contribution < -0.4 is 4.74 Å². The fourth-order valence-electron chi connectivity index (χ4n) is 2.22. The largest absolute Gasteiger partial charge is 0.491 e. The van der Waals surface area contributed by atoms with Gasteiger partial charge in [0.2, 0.25) is 0 Å². The lowest BCUT2D eigenvalue weighted by Crippen LogP contribution is -2.05. The minimum absolute atomic E-state index is 0.518. The Labute approximate surface area is 149 Å². The van der Waals surface area contributed by atoms with Crippen molar-refractivity contribution in [3.63, 3.8) is 0 Å². The Balaban J connectivity index is 1.56. The molecule has 1 heterocycles. The number of thioether (sulfide) groups is 1. The first-order valence-electron chi connectivity index (χ1n) is 7.43. The van der Waals surface area contributed by atoms with E-state index in [4.69, 9.17) is 27.9 Å². The molecular formula is C16H17Cl2N3OS. The fraction of sp³-hybridized carbons (Fsp3) is 0.375. The molecule has 1 aliphatic carbocycles. The van der Waals surface area contributed by atoms with Crippen molar-refractivity contribution in [3.05, 3.63) is 46.7 Å². The predicted octanol–water partition coefficient (Wildman–Crippen LogP) is 4.82. The minimum Gasteiger partial charge on any atom is -0.491 e. The Morgan fingerprint density at radius 1 is 1.35 bits per heavy atom. The van der Waals surface area contributed by atoms with Crippen LogP contribution in [-0.2, 0) is 6.54 Å². The fourth-order valence-corrected chi connectivity index (χ4v) is 3.33. The highest BCUT2D eigenvalue weighted by molar-refractivity contribution is 7.99. The van der Waals surface area contributed by atoms with Gasteiger partial charge in [0, 0.05) is 29.3 Å². The molecular weight excluding hydrogens is 353 g/mol. The lowest BCUT2D eigenvalue weighted by molar-refractivity contribution is 0.344. The number of aromatic nitrogens is 3. The molecule has 0 atom stereocenters. The van der Waals surface area contributed by atoms with Gasteiger partial charge >= 0.3 is 0 Å². The van der Waals surface area contributed by atoms with Crippen LogP contribution in [0.4, 0.5) is 0 Å². The highest BCUT2D eigenvalue weighted by Gasteiger charge is 2.30. The third-order valence-electron chi connectivity index (χ3n) is 3.46. The van der Waals surface area contributed by atoms with Gasteiger partial charge in [0.1, 0.15) is 11.6 Å². The molecule has 0 bridgehead atoms. The van der Waals surface area contributed by atoms with Crippen molar-refractivity contribution in [2.24, 2.45) is 0 Å². The first-order chi connectivity index (χ1) is 11.2. The molecule has 3 rings (SSSR count). The van der Waals surface area contributed by atoms with Gasteiger partial charge in [-0.2, -0.15) is 0 Å². The molecule has 1 fully saturated rings. The van der Waals surface area contributed by atoms with E-state index in [9.17, 15) is 0 Å². The van der Waals surface area contributed by atoms with Gasteiger partial charge in [0.25, 0.3) is 0 Å². The average Bonchev–Trinajstić information content (AvgIpc) is 3.30. The zero-order chi connectivity index (χ0) is 16.2. The molecule has 1 aromatic carbocycles. The summed E-state index contributed by atoms with van der Waals surface area (Å²) in [6, 6.07) is 5.19. The van der Waals surface area contributed by atoms with Crippen molar-refractivity contribution in [1.82, 2.24) is 14.8 Å². The van der Waals surface area contributed by atoms with Crippen LogP contribution in [0.15, 0.2) is 36.0 Å². The molecule has 23 heavy (non-hydrogen) atoms. The van der Waals surface area contributed by atoms with E-state index in [-0.39, 0.29) is 0 Å². The van der Waals surface area contributed by atoms with Gasteiger partial charge < -0.3 is 9.30 Å². The standard InChI is InChI=1S/C16H17Cl2N3OS/c1-2-7-21-15(11-3-4-11)19-20-16(21)23-9-8-22-14-10-12(17)5-6-13(14)18/h2,5-6,10-11H,1,3-4,7-9H2. The van der Waals surface area contributed by atoms with E-state index >= 15 is 0 Å². The summed E-state index contributed by atoms with van der Waals surface area (Å²) < 4.78 is 7.83. The van der Waals surface area contributed by atoms with E-state index in [1.54, 1.807) is 30.0 Å². The van der Waals surface area contributed by atoms with Crippen LogP contribution in [0.25, 0.3) is 0 Å². The molecule has 4 nitrogen and oxygen atoms in total. The quantitative estimate of drug-likeness (QED) is 0.380. The van der Waals surface area contributed by atoms with E-state index in [1.807, 2.05) is 6.08 Å². The van der Waals surface area contributed by atoms with Gasteiger partial charge in [0.05, 0.1) is 11.6 Å². The van der Waals surface area contributed by atoms with E-state index in [2.05, 4.69) is 21.3 Å². The molecule has 0 N–H and O–H groups in total. The average molecular weight is 370 g/mol. The molecule has 1 aliphatic rings. The predicted molar refractivity (Wildman–Crippen MR) is 94.9 cm³/mol. The van der Waals surface area contributed by atoms with E-state index in [0.717, 1.165) is 23.3 Å². The summed E-state index contributed by atoms with van der Waals surface area (Å²) in [5.41, 5.74) is 0. The maximum atomic E-state index is 6.08. The molecule has 7 heteroatoms. The Bertz CT molecular complexity index is 701. The number of hydrogen-bond acceptors (Lipinski definition) is 4. The number of ether oxygens (including phenoxy) is 1. The topological polar surface area (TPSA) is 39.9 Å². The summed E-state index contributed by atoms with van der Waals surface area (Å²) in [6.07, 6.45) is 4.29. The monoisotopic (exact) mass is 369 g/mol. The van der Waals surface area contributed by atoms with Crippen LogP contribution in [0, 0.1) is 0 Å². The third kappa shape index (κ3) is 4.22. The molecule has 0 saturated heterocycles. The zero-order valence-electron chi connectivity index (χ0n) is 12.5. The summed E-state index contributed by atoms with van der Waals surface area (Å²) in [6.45, 7) is 5.07. The second kappa shape index (κ2) is 7.60. The smallest absolute Gasteiger partial charge is 0.191 e. The van der Waals surface area contributed by atoms with Crippen molar-refractivity contribution in [1.29, 1.82) is 0 Å². The Kier molecular flexibility index (Phi) is 5.51. The van der Waals surface area contributed by atoms with E-state index in [0.29, 0.717) is 28.3 Å². The first-order valence-corrected chi connectivity index (χ1v) is 9.18. The SMILES string of the molecule is C=CCn1c(SCCOc2cc(Cl)ccc2Cl)nnc1C1CC1. The molecule has 0 amide bonds. The number of rotatable bonds is 8. The highest BCUT2D eigenvalue weighted by atomic mass is 35.5. The molecule has 2 aromatic rings. The number of hydrogen-bond donors (Lipinski definition) is 0. The Morgan fingerprint density at radius 2 is 2.17 bits per heavy atom. The molecule has 0 radical (unpaired) electrons. The van der Waals surface area contributed by atoms with E-state index < -0.39 is 0 Å². The highest BCUT2D eigenvalue weighted by Crippen LogP contribution is 2.40. The van der Waals surface area contributed by atoms with Gasteiger partial charge in [0.15, 0.2) is 5.16 Å². The lowest BCUT2D eigenvalue weighted by Gasteiger charge is -2.09. The number of nitrogens with zero attached hydrogens (tertiary/aromatic N) is 3. The maximum absolute atomic E-state index is 6.08. The van der Waals surface area contributed by atoms with Crippen molar-refractivity contribution in [2.75, 3.05) is 12.4 Å². The molecule has 1 saturated carbocycles. The summed E-state index contributed by atoms with van der Waals surface area (Å²) in [5, 5.41) is 10.7. The third-order valence-corrected chi connectivity index (χ3v) is 4.94. The second-order valence-electron chi connectivity index (χ2n) is 5.29. The maximum Gasteiger partial charge on any atom is 0.191 e. The lowest BCUT2D eigenvalue weighted by atomic mass is 10.3.